The van der Waals surface area contributed by atoms with E-state index in [-0.39, 0.29) is 12.3 Å². The highest BCUT2D eigenvalue weighted by Gasteiger charge is 2.03. The van der Waals surface area contributed by atoms with Gasteiger partial charge in [0.25, 0.3) is 0 Å². The molecule has 1 amide bonds. The quantitative estimate of drug-likeness (QED) is 0.671. The summed E-state index contributed by atoms with van der Waals surface area (Å²) in [4.78, 5) is 14.5. The van der Waals surface area contributed by atoms with Crippen molar-refractivity contribution in [2.45, 2.75) is 6.42 Å². The van der Waals surface area contributed by atoms with Gasteiger partial charge in [-0.25, -0.2) is 10.4 Å². The Balaban J connectivity index is 1.85. The molecule has 0 unspecified atom stereocenters. The van der Waals surface area contributed by atoms with Crippen molar-refractivity contribution in [3.05, 3.63) is 64.9 Å². The zero-order valence-electron chi connectivity index (χ0n) is 10.1. The van der Waals surface area contributed by atoms with Gasteiger partial charge in [-0.2, -0.15) is 5.10 Å². The molecule has 96 valence electrons. The number of pyridine rings is 1. The molecule has 5 heteroatoms. The van der Waals surface area contributed by atoms with Crippen LogP contribution < -0.4 is 10.4 Å². The summed E-state index contributed by atoms with van der Waals surface area (Å²) in [7, 11) is 0. The maximum absolute atomic E-state index is 11.6. The fraction of sp³-hybridized carbons (Fsp3) is 0.0714. The first-order chi connectivity index (χ1) is 9.24. The Kier molecular flexibility index (Phi) is 4.64. The number of hydrazone groups is 1. The highest BCUT2D eigenvalue weighted by atomic mass is 35.5. The molecular weight excluding hydrogens is 262 g/mol. The molecule has 0 atom stereocenters. The van der Waals surface area contributed by atoms with Gasteiger partial charge in [-0.15, -0.1) is 0 Å². The minimum Gasteiger partial charge on any atom is -0.273 e. The van der Waals surface area contributed by atoms with Crippen LogP contribution in [0.15, 0.2) is 53.9 Å². The standard InChI is InChI=1S/C14H12ClN3O/c15-13-5-3-11(4-6-13)10-17-18-14(19)8-12-2-1-7-16-9-12/h1-7,9-10H,8H2,(H,18,19)/p+1. The molecule has 0 saturated carbocycles. The van der Waals surface area contributed by atoms with Crippen LogP contribution in [-0.4, -0.2) is 12.1 Å². The number of halogens is 1. The molecule has 0 aliphatic rings. The third kappa shape index (κ3) is 4.52. The average Bonchev–Trinajstić information content (AvgIpc) is 2.42. The van der Waals surface area contributed by atoms with Crippen LogP contribution in [0.1, 0.15) is 11.1 Å². The van der Waals surface area contributed by atoms with E-state index < -0.39 is 0 Å². The first kappa shape index (κ1) is 13.2. The van der Waals surface area contributed by atoms with Crippen LogP contribution in [0.3, 0.4) is 0 Å². The molecule has 0 radical (unpaired) electrons. The van der Waals surface area contributed by atoms with Gasteiger partial charge in [-0.3, -0.25) is 4.79 Å². The van der Waals surface area contributed by atoms with E-state index in [4.69, 9.17) is 11.6 Å². The summed E-state index contributed by atoms with van der Waals surface area (Å²) in [5.41, 5.74) is 4.26. The molecule has 19 heavy (non-hydrogen) atoms. The summed E-state index contributed by atoms with van der Waals surface area (Å²) in [5.74, 6) is -0.162. The monoisotopic (exact) mass is 274 g/mol. The molecule has 0 bridgehead atoms. The highest BCUT2D eigenvalue weighted by molar-refractivity contribution is 6.30. The predicted molar refractivity (Wildman–Crippen MR) is 73.9 cm³/mol. The van der Waals surface area contributed by atoms with Crippen molar-refractivity contribution in [3.63, 3.8) is 0 Å². The largest absolute Gasteiger partial charge is 0.273 e. The molecule has 1 aromatic heterocycles. The van der Waals surface area contributed by atoms with Gasteiger partial charge in [0.05, 0.1) is 12.6 Å². The molecule has 2 N–H and O–H groups in total. The Morgan fingerprint density at radius 2 is 2.11 bits per heavy atom. The Morgan fingerprint density at radius 3 is 2.79 bits per heavy atom. The molecular formula is C14H13ClN3O+. The third-order valence-electron chi connectivity index (χ3n) is 2.41. The van der Waals surface area contributed by atoms with Crippen LogP contribution in [0.2, 0.25) is 5.02 Å². The topological polar surface area (TPSA) is 55.6 Å². The Labute approximate surface area is 116 Å². The van der Waals surface area contributed by atoms with Gasteiger partial charge in [-0.05, 0) is 23.8 Å². The maximum atomic E-state index is 11.6. The number of nitrogens with zero attached hydrogens (tertiary/aromatic N) is 1. The maximum Gasteiger partial charge on any atom is 0.244 e. The van der Waals surface area contributed by atoms with E-state index in [0.29, 0.717) is 5.02 Å². The second kappa shape index (κ2) is 6.66. The lowest BCUT2D eigenvalue weighted by Gasteiger charge is -1.98. The Hall–Kier alpha value is -2.20. The Bertz CT molecular complexity index is 567. The zero-order valence-corrected chi connectivity index (χ0v) is 10.9. The lowest BCUT2D eigenvalue weighted by molar-refractivity contribution is -0.378. The van der Waals surface area contributed by atoms with E-state index in [9.17, 15) is 4.79 Å². The van der Waals surface area contributed by atoms with Gasteiger partial charge in [0.2, 0.25) is 5.91 Å². The number of hydrogen-bond donors (Lipinski definition) is 1. The first-order valence-electron chi connectivity index (χ1n) is 5.76. The molecule has 1 heterocycles. The van der Waals surface area contributed by atoms with Crippen molar-refractivity contribution in [2.24, 2.45) is 5.10 Å². The number of nitrogens with one attached hydrogen (secondary N) is 2. The lowest BCUT2D eigenvalue weighted by Crippen LogP contribution is -2.20. The molecule has 2 aromatic rings. The molecule has 4 nitrogen and oxygen atoms in total. The van der Waals surface area contributed by atoms with Gasteiger partial charge in [0.15, 0.2) is 12.4 Å². The smallest absolute Gasteiger partial charge is 0.244 e. The van der Waals surface area contributed by atoms with Crippen LogP contribution in [0.25, 0.3) is 0 Å². The average molecular weight is 275 g/mol. The van der Waals surface area contributed by atoms with Crippen LogP contribution in [-0.2, 0) is 11.2 Å². The van der Waals surface area contributed by atoms with E-state index in [1.807, 2.05) is 24.3 Å². The predicted octanol–water partition coefficient (Wildman–Crippen LogP) is 1.85. The number of carbonyl (C=O) groups is 1. The summed E-state index contributed by atoms with van der Waals surface area (Å²) >= 11 is 5.77. The summed E-state index contributed by atoms with van der Waals surface area (Å²) in [6.07, 6.45) is 5.43. The number of benzene rings is 1. The summed E-state index contributed by atoms with van der Waals surface area (Å²) in [6, 6.07) is 10.9. The van der Waals surface area contributed by atoms with Crippen molar-refractivity contribution in [3.8, 4) is 0 Å². The van der Waals surface area contributed by atoms with E-state index in [0.717, 1.165) is 11.1 Å². The number of amides is 1. The van der Waals surface area contributed by atoms with Gasteiger partial charge >= 0.3 is 0 Å². The van der Waals surface area contributed by atoms with Crippen LogP contribution >= 0.6 is 11.6 Å². The number of H-pyrrole nitrogens is 1. The van der Waals surface area contributed by atoms with E-state index in [1.54, 1.807) is 30.7 Å². The number of rotatable bonds is 4. The van der Waals surface area contributed by atoms with E-state index >= 15 is 0 Å². The lowest BCUT2D eigenvalue weighted by atomic mass is 10.2. The van der Waals surface area contributed by atoms with Gasteiger partial charge in [0.1, 0.15) is 0 Å². The highest BCUT2D eigenvalue weighted by Crippen LogP contribution is 2.07. The molecule has 0 aliphatic carbocycles. The SMILES string of the molecule is O=C(Cc1ccc[nH+]c1)NN=Cc1ccc(Cl)cc1. The second-order valence-electron chi connectivity index (χ2n) is 3.93. The molecule has 2 rings (SSSR count). The van der Waals surface area contributed by atoms with Gasteiger partial charge in [0, 0.05) is 16.7 Å². The Morgan fingerprint density at radius 1 is 1.32 bits per heavy atom. The molecule has 0 fully saturated rings. The molecule has 0 aliphatic heterocycles. The fourth-order valence-electron chi connectivity index (χ4n) is 1.49. The van der Waals surface area contributed by atoms with Crippen LogP contribution in [0, 0.1) is 0 Å². The van der Waals surface area contributed by atoms with E-state index in [2.05, 4.69) is 15.5 Å². The molecule has 1 aromatic carbocycles. The van der Waals surface area contributed by atoms with E-state index in [1.165, 1.54) is 0 Å². The third-order valence-corrected chi connectivity index (χ3v) is 2.66. The van der Waals surface area contributed by atoms with Crippen LogP contribution in [0.4, 0.5) is 0 Å². The number of aromatic amines is 1. The van der Waals surface area contributed by atoms with Crippen molar-refractivity contribution in [2.75, 3.05) is 0 Å². The second-order valence-corrected chi connectivity index (χ2v) is 4.37. The molecule has 0 spiro atoms. The van der Waals surface area contributed by atoms with Crippen LogP contribution in [0.5, 0.6) is 0 Å². The zero-order chi connectivity index (χ0) is 13.5. The first-order valence-corrected chi connectivity index (χ1v) is 6.14. The number of carbonyl (C=O) groups excluding carboxylic acids is 1. The summed E-state index contributed by atoms with van der Waals surface area (Å²) < 4.78 is 0. The van der Waals surface area contributed by atoms with Crippen molar-refractivity contribution in [1.29, 1.82) is 0 Å². The fourth-order valence-corrected chi connectivity index (χ4v) is 1.62. The summed E-state index contributed by atoms with van der Waals surface area (Å²) in [6.45, 7) is 0. The van der Waals surface area contributed by atoms with Crippen molar-refractivity contribution in [1.82, 2.24) is 5.43 Å². The van der Waals surface area contributed by atoms with Gasteiger partial charge in [-0.1, -0.05) is 23.7 Å². The number of hydrogen-bond acceptors (Lipinski definition) is 2. The minimum atomic E-state index is -0.162. The molecule has 0 saturated heterocycles. The van der Waals surface area contributed by atoms with Crippen molar-refractivity contribution < 1.29 is 9.78 Å². The minimum absolute atomic E-state index is 0.162. The van der Waals surface area contributed by atoms with Gasteiger partial charge < -0.3 is 0 Å². The normalized spacial score (nSPS) is 10.6. The summed E-state index contributed by atoms with van der Waals surface area (Å²) in [5, 5.41) is 4.56. The number of aromatic nitrogens is 1. The van der Waals surface area contributed by atoms with Crippen molar-refractivity contribution >= 4 is 23.7 Å².